The van der Waals surface area contributed by atoms with E-state index in [1.807, 2.05) is 50.2 Å². The molecule has 0 radical (unpaired) electrons. The van der Waals surface area contributed by atoms with Gasteiger partial charge < -0.3 is 14.2 Å². The number of aryl methyl sites for hydroxylation is 4. The number of carbonyl (C=O) groups is 1. The summed E-state index contributed by atoms with van der Waals surface area (Å²) in [6.07, 6.45) is 1.41. The molecule has 10 heteroatoms. The van der Waals surface area contributed by atoms with E-state index in [9.17, 15) is 13.2 Å². The molecular formula is C29H35N3O6S. The predicted molar refractivity (Wildman–Crippen MR) is 151 cm³/mol. The number of nitrogens with zero attached hydrogens (tertiary/aromatic N) is 2. The van der Waals surface area contributed by atoms with Crippen molar-refractivity contribution in [1.29, 1.82) is 0 Å². The van der Waals surface area contributed by atoms with Crippen LogP contribution in [-0.2, 0) is 21.4 Å². The molecule has 0 bridgehead atoms. The van der Waals surface area contributed by atoms with E-state index >= 15 is 0 Å². The first kappa shape index (κ1) is 29.7. The Balaban J connectivity index is 1.87. The largest absolute Gasteiger partial charge is 0.493 e. The quantitative estimate of drug-likeness (QED) is 0.281. The number of hydrogen-bond acceptors (Lipinski definition) is 7. The standard InChI is InChI=1S/C29H35N3O6S/c1-19-8-10-23(11-9-19)17-32(39(34,35)29-21(3)12-20(2)13-22(29)4)18-27(33)31-30-16-24-14-25(36-5)28(38-7)26(15-24)37-6/h8-16H,17-18H2,1-7H3,(H,31,33)/b30-16+. The average molecular weight is 554 g/mol. The lowest BCUT2D eigenvalue weighted by atomic mass is 10.1. The van der Waals surface area contributed by atoms with Crippen LogP contribution in [0, 0.1) is 27.7 Å². The molecule has 3 rings (SSSR count). The summed E-state index contributed by atoms with van der Waals surface area (Å²) in [6, 6.07) is 14.5. The fraction of sp³-hybridized carbons (Fsp3) is 0.310. The normalized spacial score (nSPS) is 11.6. The SMILES string of the molecule is COc1cc(/C=N/NC(=O)CN(Cc2ccc(C)cc2)S(=O)(=O)c2c(C)cc(C)cc2C)cc(OC)c1OC. The number of methoxy groups -OCH3 is 3. The monoisotopic (exact) mass is 553 g/mol. The van der Waals surface area contributed by atoms with Crippen LogP contribution in [-0.4, -0.2) is 52.7 Å². The van der Waals surface area contributed by atoms with Gasteiger partial charge in [-0.1, -0.05) is 47.5 Å². The zero-order valence-electron chi connectivity index (χ0n) is 23.4. The van der Waals surface area contributed by atoms with E-state index in [0.29, 0.717) is 33.9 Å². The van der Waals surface area contributed by atoms with Crippen LogP contribution in [0.1, 0.15) is 33.4 Å². The highest BCUT2D eigenvalue weighted by molar-refractivity contribution is 7.89. The van der Waals surface area contributed by atoms with Crippen LogP contribution in [0.5, 0.6) is 17.2 Å². The lowest BCUT2D eigenvalue weighted by Crippen LogP contribution is -2.39. The molecule has 1 N–H and O–H groups in total. The number of hydrogen-bond donors (Lipinski definition) is 1. The van der Waals surface area contributed by atoms with Gasteiger partial charge in [0.2, 0.25) is 15.8 Å². The Hall–Kier alpha value is -3.89. The Morgan fingerprint density at radius 1 is 0.872 bits per heavy atom. The molecule has 3 aromatic carbocycles. The summed E-state index contributed by atoms with van der Waals surface area (Å²) in [5.41, 5.74) is 7.05. The van der Waals surface area contributed by atoms with Crippen molar-refractivity contribution < 1.29 is 27.4 Å². The van der Waals surface area contributed by atoms with E-state index in [2.05, 4.69) is 10.5 Å². The molecule has 0 fully saturated rings. The van der Waals surface area contributed by atoms with E-state index in [4.69, 9.17) is 14.2 Å². The molecule has 3 aromatic rings. The van der Waals surface area contributed by atoms with Gasteiger partial charge in [0.05, 0.1) is 39.0 Å². The number of carbonyl (C=O) groups excluding carboxylic acids is 1. The van der Waals surface area contributed by atoms with E-state index < -0.39 is 22.5 Å². The van der Waals surface area contributed by atoms with E-state index in [1.54, 1.807) is 26.0 Å². The molecule has 0 unspecified atom stereocenters. The van der Waals surface area contributed by atoms with Crippen LogP contribution in [0.25, 0.3) is 0 Å². The first-order valence-electron chi connectivity index (χ1n) is 12.3. The fourth-order valence-electron chi connectivity index (χ4n) is 4.38. The van der Waals surface area contributed by atoms with Gasteiger partial charge in [0.1, 0.15) is 0 Å². The number of rotatable bonds is 11. The van der Waals surface area contributed by atoms with Crippen molar-refractivity contribution in [3.8, 4) is 17.2 Å². The topological polar surface area (TPSA) is 107 Å². The zero-order chi connectivity index (χ0) is 28.7. The van der Waals surface area contributed by atoms with E-state index in [0.717, 1.165) is 16.7 Å². The Bertz CT molecular complexity index is 1420. The second kappa shape index (κ2) is 12.8. The maximum atomic E-state index is 13.9. The van der Waals surface area contributed by atoms with Crippen molar-refractivity contribution in [1.82, 2.24) is 9.73 Å². The van der Waals surface area contributed by atoms with Crippen LogP contribution in [0.2, 0.25) is 0 Å². The van der Waals surface area contributed by atoms with Gasteiger partial charge >= 0.3 is 0 Å². The highest BCUT2D eigenvalue weighted by Crippen LogP contribution is 2.37. The molecule has 9 nitrogen and oxygen atoms in total. The lowest BCUT2D eigenvalue weighted by molar-refractivity contribution is -0.121. The fourth-order valence-corrected chi connectivity index (χ4v) is 6.17. The van der Waals surface area contributed by atoms with Gasteiger partial charge in [-0.15, -0.1) is 0 Å². The summed E-state index contributed by atoms with van der Waals surface area (Å²) < 4.78 is 44.9. The summed E-state index contributed by atoms with van der Waals surface area (Å²) in [6.45, 7) is 7.00. The first-order valence-corrected chi connectivity index (χ1v) is 13.7. The highest BCUT2D eigenvalue weighted by atomic mass is 32.2. The molecule has 208 valence electrons. The van der Waals surface area contributed by atoms with Crippen molar-refractivity contribution in [3.05, 3.63) is 81.9 Å². The maximum absolute atomic E-state index is 13.9. The van der Waals surface area contributed by atoms with Gasteiger partial charge in [-0.05, 0) is 56.5 Å². The van der Waals surface area contributed by atoms with Crippen molar-refractivity contribution in [3.63, 3.8) is 0 Å². The molecule has 39 heavy (non-hydrogen) atoms. The average Bonchev–Trinajstić information content (AvgIpc) is 2.88. The number of hydrazone groups is 1. The molecule has 0 spiro atoms. The number of nitrogens with one attached hydrogen (secondary N) is 1. The molecular weight excluding hydrogens is 518 g/mol. The molecule has 0 saturated heterocycles. The Labute approximate surface area is 230 Å². The van der Waals surface area contributed by atoms with Crippen molar-refractivity contribution in [2.75, 3.05) is 27.9 Å². The minimum Gasteiger partial charge on any atom is -0.493 e. The molecule has 0 aliphatic carbocycles. The van der Waals surface area contributed by atoms with Gasteiger partial charge in [-0.2, -0.15) is 9.41 Å². The van der Waals surface area contributed by atoms with Crippen molar-refractivity contribution >= 4 is 22.1 Å². The molecule has 0 aliphatic rings. The highest BCUT2D eigenvalue weighted by Gasteiger charge is 2.30. The molecule has 1 amide bonds. The zero-order valence-corrected chi connectivity index (χ0v) is 24.2. The smallest absolute Gasteiger partial charge is 0.255 e. The second-order valence-corrected chi connectivity index (χ2v) is 11.1. The molecule has 0 atom stereocenters. The second-order valence-electron chi connectivity index (χ2n) is 9.24. The summed E-state index contributed by atoms with van der Waals surface area (Å²) in [5, 5.41) is 4.02. The Morgan fingerprint density at radius 3 is 1.95 bits per heavy atom. The summed E-state index contributed by atoms with van der Waals surface area (Å²) in [5.74, 6) is 0.712. The van der Waals surface area contributed by atoms with Crippen LogP contribution in [0.3, 0.4) is 0 Å². The molecule has 0 aromatic heterocycles. The van der Waals surface area contributed by atoms with Crippen molar-refractivity contribution in [2.24, 2.45) is 5.10 Å². The Morgan fingerprint density at radius 2 is 1.44 bits per heavy atom. The summed E-state index contributed by atoms with van der Waals surface area (Å²) >= 11 is 0. The lowest BCUT2D eigenvalue weighted by Gasteiger charge is -2.24. The van der Waals surface area contributed by atoms with Gasteiger partial charge in [0.15, 0.2) is 11.5 Å². The number of sulfonamides is 1. The van der Waals surface area contributed by atoms with Gasteiger partial charge in [0, 0.05) is 12.1 Å². The third-order valence-electron chi connectivity index (χ3n) is 6.09. The van der Waals surface area contributed by atoms with Crippen LogP contribution in [0.4, 0.5) is 0 Å². The van der Waals surface area contributed by atoms with E-state index in [-0.39, 0.29) is 11.4 Å². The minimum absolute atomic E-state index is 0.0272. The molecule has 0 aliphatic heterocycles. The van der Waals surface area contributed by atoms with Crippen LogP contribution in [0.15, 0.2) is 58.5 Å². The Kier molecular flexibility index (Phi) is 9.71. The third-order valence-corrected chi connectivity index (χ3v) is 8.19. The minimum atomic E-state index is -4.01. The first-order chi connectivity index (χ1) is 18.5. The third kappa shape index (κ3) is 7.15. The van der Waals surface area contributed by atoms with Crippen LogP contribution >= 0.6 is 0 Å². The number of benzene rings is 3. The van der Waals surface area contributed by atoms with E-state index in [1.165, 1.54) is 31.8 Å². The van der Waals surface area contributed by atoms with Crippen LogP contribution < -0.4 is 19.6 Å². The molecule has 0 heterocycles. The van der Waals surface area contributed by atoms with Crippen molar-refractivity contribution in [2.45, 2.75) is 39.1 Å². The predicted octanol–water partition coefficient (Wildman–Crippen LogP) is 4.29. The summed E-state index contributed by atoms with van der Waals surface area (Å²) in [7, 11) is 0.494. The maximum Gasteiger partial charge on any atom is 0.255 e. The summed E-state index contributed by atoms with van der Waals surface area (Å²) in [4.78, 5) is 13.1. The van der Waals surface area contributed by atoms with Gasteiger partial charge in [-0.3, -0.25) is 4.79 Å². The van der Waals surface area contributed by atoms with Gasteiger partial charge in [0.25, 0.3) is 5.91 Å². The number of ether oxygens (including phenoxy) is 3. The molecule has 0 saturated carbocycles. The van der Waals surface area contributed by atoms with Gasteiger partial charge in [-0.25, -0.2) is 13.8 Å². The number of amides is 1.